The lowest BCUT2D eigenvalue weighted by Crippen LogP contribution is -2.44. The third-order valence-corrected chi connectivity index (χ3v) is 8.03. The van der Waals surface area contributed by atoms with Crippen LogP contribution in [0.4, 0.5) is 11.4 Å². The molecule has 0 radical (unpaired) electrons. The van der Waals surface area contributed by atoms with Gasteiger partial charge in [0.2, 0.25) is 0 Å². The van der Waals surface area contributed by atoms with E-state index in [2.05, 4.69) is 21.6 Å². The van der Waals surface area contributed by atoms with Crippen LogP contribution < -0.4 is 28.6 Å². The molecule has 0 unspecified atom stereocenters. The summed E-state index contributed by atoms with van der Waals surface area (Å²) < 4.78 is 50.4. The van der Waals surface area contributed by atoms with Gasteiger partial charge in [0.25, 0.3) is 10.0 Å². The van der Waals surface area contributed by atoms with Crippen molar-refractivity contribution in [1.29, 1.82) is 0 Å². The number of carbonyl (C=O) groups is 1. The standard InChI is InChI=1S/C30H35N3O8S/c1-32-11-13-33(14-12-32)21-7-8-23(30(34)35)25(17-21)26-16-20(6-9-27(26)39-3)31-42(36,37)15-10-24-28(40-4)18-22(38-2)19-29(24)41-5/h6-10,15-19,31H,11-14H2,1-5H3,(H,34,35). The number of benzene rings is 3. The summed E-state index contributed by atoms with van der Waals surface area (Å²) in [5.41, 5.74) is 2.44. The Morgan fingerprint density at radius 3 is 2.05 bits per heavy atom. The first kappa shape index (κ1) is 30.5. The first-order valence-electron chi connectivity index (χ1n) is 13.1. The number of carboxylic acids is 1. The van der Waals surface area contributed by atoms with Crippen molar-refractivity contribution in [2.75, 3.05) is 71.3 Å². The van der Waals surface area contributed by atoms with Crippen LogP contribution in [0.5, 0.6) is 23.0 Å². The fraction of sp³-hybridized carbons (Fsp3) is 0.300. The molecule has 0 bridgehead atoms. The van der Waals surface area contributed by atoms with E-state index >= 15 is 0 Å². The molecule has 1 fully saturated rings. The van der Waals surface area contributed by atoms with E-state index in [1.807, 2.05) is 6.07 Å². The number of hydrogen-bond acceptors (Lipinski definition) is 9. The molecule has 42 heavy (non-hydrogen) atoms. The number of nitrogens with one attached hydrogen (secondary N) is 1. The summed E-state index contributed by atoms with van der Waals surface area (Å²) in [6.45, 7) is 3.38. The molecule has 3 aromatic rings. The minimum Gasteiger partial charge on any atom is -0.496 e. The Labute approximate surface area is 245 Å². The van der Waals surface area contributed by atoms with Crippen LogP contribution in [0.3, 0.4) is 0 Å². The van der Waals surface area contributed by atoms with E-state index in [4.69, 9.17) is 18.9 Å². The molecule has 1 heterocycles. The number of carboxylic acid groups (broad SMARTS) is 1. The summed E-state index contributed by atoms with van der Waals surface area (Å²) in [5, 5.41) is 11.0. The zero-order chi connectivity index (χ0) is 30.4. The molecule has 224 valence electrons. The van der Waals surface area contributed by atoms with Crippen LogP contribution in [-0.2, 0) is 10.0 Å². The van der Waals surface area contributed by atoms with E-state index in [9.17, 15) is 18.3 Å². The lowest BCUT2D eigenvalue weighted by Gasteiger charge is -2.34. The Balaban J connectivity index is 1.70. The van der Waals surface area contributed by atoms with E-state index in [1.165, 1.54) is 34.5 Å². The summed E-state index contributed by atoms with van der Waals surface area (Å²) in [4.78, 5) is 16.6. The molecule has 0 spiro atoms. The number of sulfonamides is 1. The van der Waals surface area contributed by atoms with Crippen molar-refractivity contribution in [3.8, 4) is 34.1 Å². The predicted octanol–water partition coefficient (Wildman–Crippen LogP) is 4.25. The molecule has 2 N–H and O–H groups in total. The Morgan fingerprint density at radius 1 is 0.833 bits per heavy atom. The molecule has 0 atom stereocenters. The molecule has 12 heteroatoms. The Bertz CT molecular complexity index is 1560. The van der Waals surface area contributed by atoms with E-state index in [0.717, 1.165) is 37.3 Å². The van der Waals surface area contributed by atoms with Crippen LogP contribution in [0.25, 0.3) is 17.2 Å². The summed E-state index contributed by atoms with van der Waals surface area (Å²) in [6.07, 6.45) is 1.37. The summed E-state index contributed by atoms with van der Waals surface area (Å²) >= 11 is 0. The highest BCUT2D eigenvalue weighted by Crippen LogP contribution is 2.38. The largest absolute Gasteiger partial charge is 0.496 e. The van der Waals surface area contributed by atoms with Crippen molar-refractivity contribution in [3.63, 3.8) is 0 Å². The van der Waals surface area contributed by atoms with Crippen molar-refractivity contribution < 1.29 is 37.3 Å². The second-order valence-electron chi connectivity index (χ2n) is 9.64. The average Bonchev–Trinajstić information content (AvgIpc) is 2.99. The first-order valence-corrected chi connectivity index (χ1v) is 14.6. The van der Waals surface area contributed by atoms with Gasteiger partial charge >= 0.3 is 5.97 Å². The molecule has 1 aliphatic rings. The van der Waals surface area contributed by atoms with Gasteiger partial charge < -0.3 is 33.9 Å². The molecule has 0 aliphatic carbocycles. The van der Waals surface area contributed by atoms with Gasteiger partial charge in [-0.3, -0.25) is 4.72 Å². The van der Waals surface area contributed by atoms with Gasteiger partial charge in [0.05, 0.1) is 45.0 Å². The van der Waals surface area contributed by atoms with Crippen LogP contribution >= 0.6 is 0 Å². The lowest BCUT2D eigenvalue weighted by atomic mass is 9.97. The van der Waals surface area contributed by atoms with Gasteiger partial charge in [0.1, 0.15) is 23.0 Å². The fourth-order valence-electron chi connectivity index (χ4n) is 4.74. The minimum atomic E-state index is -4.02. The lowest BCUT2D eigenvalue weighted by molar-refractivity contribution is 0.0697. The Morgan fingerprint density at radius 2 is 1.48 bits per heavy atom. The normalized spacial score (nSPS) is 14.1. The van der Waals surface area contributed by atoms with E-state index in [1.54, 1.807) is 42.5 Å². The third kappa shape index (κ3) is 6.89. The number of piperazine rings is 1. The molecule has 1 aliphatic heterocycles. The molecular weight excluding hydrogens is 562 g/mol. The maximum atomic E-state index is 13.1. The van der Waals surface area contributed by atoms with E-state index in [-0.39, 0.29) is 11.3 Å². The maximum Gasteiger partial charge on any atom is 0.336 e. The Kier molecular flexibility index (Phi) is 9.48. The number of rotatable bonds is 11. The van der Waals surface area contributed by atoms with E-state index < -0.39 is 16.0 Å². The number of nitrogens with zero attached hydrogens (tertiary/aromatic N) is 2. The molecule has 3 aromatic carbocycles. The number of likely N-dealkylation sites (N-methyl/N-ethyl adjacent to an activating group) is 1. The van der Waals surface area contributed by atoms with Gasteiger partial charge in [-0.2, -0.15) is 0 Å². The highest BCUT2D eigenvalue weighted by Gasteiger charge is 2.21. The average molecular weight is 598 g/mol. The van der Waals surface area contributed by atoms with Gasteiger partial charge in [-0.15, -0.1) is 0 Å². The highest BCUT2D eigenvalue weighted by molar-refractivity contribution is 7.95. The van der Waals surface area contributed by atoms with Crippen molar-refractivity contribution >= 4 is 33.4 Å². The highest BCUT2D eigenvalue weighted by atomic mass is 32.2. The van der Waals surface area contributed by atoms with Crippen LogP contribution in [0.2, 0.25) is 0 Å². The molecule has 4 rings (SSSR count). The molecule has 1 saturated heterocycles. The van der Waals surface area contributed by atoms with Gasteiger partial charge in [-0.05, 0) is 49.5 Å². The van der Waals surface area contributed by atoms with Crippen molar-refractivity contribution in [2.24, 2.45) is 0 Å². The van der Waals surface area contributed by atoms with Crippen molar-refractivity contribution in [3.05, 3.63) is 65.1 Å². The van der Waals surface area contributed by atoms with Gasteiger partial charge in [0.15, 0.2) is 0 Å². The first-order chi connectivity index (χ1) is 20.1. The zero-order valence-corrected chi connectivity index (χ0v) is 25.0. The van der Waals surface area contributed by atoms with E-state index in [0.29, 0.717) is 39.7 Å². The number of ether oxygens (including phenoxy) is 4. The van der Waals surface area contributed by atoms with Gasteiger partial charge in [-0.1, -0.05) is 0 Å². The monoisotopic (exact) mass is 597 g/mol. The third-order valence-electron chi connectivity index (χ3n) is 7.02. The quantitative estimate of drug-likeness (QED) is 0.331. The SMILES string of the molecule is COc1cc(OC)c(C=CS(=O)(=O)Nc2ccc(OC)c(-c3cc(N4CCN(C)CC4)ccc3C(=O)O)c2)c(OC)c1. The fourth-order valence-corrected chi connectivity index (χ4v) is 5.58. The number of hydrogen-bond donors (Lipinski definition) is 2. The summed E-state index contributed by atoms with van der Waals surface area (Å²) in [6, 6.07) is 13.1. The van der Waals surface area contributed by atoms with Crippen LogP contribution in [-0.4, -0.2) is 86.1 Å². The Hall–Kier alpha value is -4.42. The summed E-state index contributed by atoms with van der Waals surface area (Å²) in [5.74, 6) is 0.522. The van der Waals surface area contributed by atoms with Gasteiger partial charge in [0, 0.05) is 60.8 Å². The van der Waals surface area contributed by atoms with Crippen molar-refractivity contribution in [2.45, 2.75) is 0 Å². The molecule has 0 saturated carbocycles. The number of aromatic carboxylic acids is 1. The number of methoxy groups -OCH3 is 4. The molecule has 0 amide bonds. The second kappa shape index (κ2) is 13.0. The van der Waals surface area contributed by atoms with Crippen molar-refractivity contribution in [1.82, 2.24) is 4.90 Å². The molecule has 0 aromatic heterocycles. The smallest absolute Gasteiger partial charge is 0.336 e. The van der Waals surface area contributed by atoms with Gasteiger partial charge in [-0.25, -0.2) is 13.2 Å². The minimum absolute atomic E-state index is 0.0739. The summed E-state index contributed by atoms with van der Waals surface area (Å²) in [7, 11) is 3.95. The molecular formula is C30H35N3O8S. The van der Waals surface area contributed by atoms with Crippen LogP contribution in [0.15, 0.2) is 53.9 Å². The zero-order valence-electron chi connectivity index (χ0n) is 24.2. The topological polar surface area (TPSA) is 127 Å². The number of anilines is 2. The molecule has 11 nitrogen and oxygen atoms in total. The van der Waals surface area contributed by atoms with Crippen LogP contribution in [0.1, 0.15) is 15.9 Å². The predicted molar refractivity (Wildman–Crippen MR) is 163 cm³/mol. The van der Waals surface area contributed by atoms with Crippen LogP contribution in [0, 0.1) is 0 Å². The maximum absolute atomic E-state index is 13.1. The second-order valence-corrected chi connectivity index (χ2v) is 11.2.